The van der Waals surface area contributed by atoms with E-state index in [1.807, 2.05) is 26.0 Å². The number of carbonyl (C=O) groups is 1. The molecule has 2 aromatic rings. The van der Waals surface area contributed by atoms with Crippen LogP contribution in [0.5, 0.6) is 0 Å². The van der Waals surface area contributed by atoms with Gasteiger partial charge in [0, 0.05) is 11.4 Å². The van der Waals surface area contributed by atoms with Crippen molar-refractivity contribution in [1.29, 1.82) is 0 Å². The van der Waals surface area contributed by atoms with Gasteiger partial charge in [0.05, 0.1) is 5.75 Å². The van der Waals surface area contributed by atoms with Crippen LogP contribution in [0.4, 0.5) is 5.69 Å². The van der Waals surface area contributed by atoms with Gasteiger partial charge in [-0.3, -0.25) is 4.79 Å². The van der Waals surface area contributed by atoms with Crippen molar-refractivity contribution in [2.24, 2.45) is 0 Å². The molecule has 0 fully saturated rings. The van der Waals surface area contributed by atoms with Crippen LogP contribution in [0.1, 0.15) is 27.8 Å². The zero-order valence-electron chi connectivity index (χ0n) is 13.7. The molecule has 0 spiro atoms. The van der Waals surface area contributed by atoms with Gasteiger partial charge in [-0.15, -0.1) is 11.8 Å². The Labute approximate surface area is 137 Å². The predicted molar refractivity (Wildman–Crippen MR) is 96.6 cm³/mol. The number of benzene rings is 2. The molecule has 0 saturated heterocycles. The van der Waals surface area contributed by atoms with E-state index in [0.29, 0.717) is 5.75 Å². The fourth-order valence-electron chi connectivity index (χ4n) is 2.66. The molecule has 0 aliphatic heterocycles. The summed E-state index contributed by atoms with van der Waals surface area (Å²) in [6, 6.07) is 12.6. The molecule has 0 bridgehead atoms. The number of rotatable bonds is 5. The maximum absolute atomic E-state index is 12.0. The first-order valence-electron chi connectivity index (χ1n) is 7.45. The summed E-state index contributed by atoms with van der Waals surface area (Å²) in [5.41, 5.74) is 7.04. The Morgan fingerprint density at radius 2 is 1.36 bits per heavy atom. The molecule has 22 heavy (non-hydrogen) atoms. The van der Waals surface area contributed by atoms with Crippen molar-refractivity contribution in [2.45, 2.75) is 33.4 Å². The third-order valence-corrected chi connectivity index (χ3v) is 4.29. The molecule has 0 heterocycles. The second-order valence-electron chi connectivity index (χ2n) is 5.91. The van der Waals surface area contributed by atoms with Gasteiger partial charge in [0.15, 0.2) is 0 Å². The lowest BCUT2D eigenvalue weighted by molar-refractivity contribution is -0.113. The summed E-state index contributed by atoms with van der Waals surface area (Å²) in [4.78, 5) is 12.0. The lowest BCUT2D eigenvalue weighted by atomic mass is 10.1. The number of hydrogen-bond donors (Lipinski definition) is 1. The summed E-state index contributed by atoms with van der Waals surface area (Å²) >= 11 is 1.65. The summed E-state index contributed by atoms with van der Waals surface area (Å²) in [6.07, 6.45) is 0. The topological polar surface area (TPSA) is 29.1 Å². The van der Waals surface area contributed by atoms with Gasteiger partial charge in [-0.25, -0.2) is 0 Å². The highest BCUT2D eigenvalue weighted by Gasteiger charge is 2.04. The summed E-state index contributed by atoms with van der Waals surface area (Å²) in [6.45, 7) is 8.29. The first-order valence-corrected chi connectivity index (χ1v) is 8.61. The monoisotopic (exact) mass is 313 g/mol. The number of aryl methyl sites for hydroxylation is 4. The Hall–Kier alpha value is -1.74. The molecule has 0 radical (unpaired) electrons. The number of thioether (sulfide) groups is 1. The van der Waals surface area contributed by atoms with Crippen LogP contribution in [0.25, 0.3) is 0 Å². The molecule has 0 unspecified atom stereocenters. The highest BCUT2D eigenvalue weighted by molar-refractivity contribution is 7.99. The molecule has 1 amide bonds. The smallest absolute Gasteiger partial charge is 0.234 e. The van der Waals surface area contributed by atoms with E-state index in [2.05, 4.69) is 43.4 Å². The van der Waals surface area contributed by atoms with Crippen molar-refractivity contribution < 1.29 is 4.79 Å². The standard InChI is InChI=1S/C19H23NOS/c1-13-5-14(2)8-17(7-13)11-22-12-19(21)20-18-9-15(3)6-16(4)10-18/h5-10H,11-12H2,1-4H3,(H,20,21). The van der Waals surface area contributed by atoms with E-state index < -0.39 is 0 Å². The largest absolute Gasteiger partial charge is 0.325 e. The van der Waals surface area contributed by atoms with Crippen molar-refractivity contribution in [1.82, 2.24) is 0 Å². The molecule has 0 aromatic heterocycles. The van der Waals surface area contributed by atoms with E-state index in [0.717, 1.165) is 22.6 Å². The van der Waals surface area contributed by atoms with E-state index in [1.54, 1.807) is 11.8 Å². The minimum Gasteiger partial charge on any atom is -0.325 e. The van der Waals surface area contributed by atoms with Crippen LogP contribution in [0.3, 0.4) is 0 Å². The van der Waals surface area contributed by atoms with Crippen LogP contribution in [-0.4, -0.2) is 11.7 Å². The molecular weight excluding hydrogens is 290 g/mol. The van der Waals surface area contributed by atoms with Crippen LogP contribution < -0.4 is 5.32 Å². The molecule has 0 saturated carbocycles. The normalized spacial score (nSPS) is 10.5. The second-order valence-corrected chi connectivity index (χ2v) is 6.90. The van der Waals surface area contributed by atoms with Crippen LogP contribution in [0.15, 0.2) is 36.4 Å². The highest BCUT2D eigenvalue weighted by atomic mass is 32.2. The lowest BCUT2D eigenvalue weighted by Crippen LogP contribution is -2.14. The lowest BCUT2D eigenvalue weighted by Gasteiger charge is -2.08. The SMILES string of the molecule is Cc1cc(C)cc(CSCC(=O)Nc2cc(C)cc(C)c2)c1. The Morgan fingerprint density at radius 1 is 0.864 bits per heavy atom. The van der Waals surface area contributed by atoms with Gasteiger partial charge in [-0.05, 0) is 56.5 Å². The minimum absolute atomic E-state index is 0.0550. The fraction of sp³-hybridized carbons (Fsp3) is 0.316. The number of nitrogens with one attached hydrogen (secondary N) is 1. The fourth-order valence-corrected chi connectivity index (χ4v) is 3.42. The number of hydrogen-bond acceptors (Lipinski definition) is 2. The molecule has 0 aliphatic rings. The summed E-state index contributed by atoms with van der Waals surface area (Å²) < 4.78 is 0. The van der Waals surface area contributed by atoms with Gasteiger partial charge in [0.1, 0.15) is 0 Å². The highest BCUT2D eigenvalue weighted by Crippen LogP contribution is 2.17. The van der Waals surface area contributed by atoms with Crippen molar-refractivity contribution >= 4 is 23.4 Å². The van der Waals surface area contributed by atoms with Crippen molar-refractivity contribution in [3.05, 3.63) is 64.2 Å². The number of amides is 1. The minimum atomic E-state index is 0.0550. The van der Waals surface area contributed by atoms with E-state index in [-0.39, 0.29) is 5.91 Å². The third-order valence-electron chi connectivity index (χ3n) is 3.29. The van der Waals surface area contributed by atoms with E-state index in [9.17, 15) is 4.79 Å². The maximum Gasteiger partial charge on any atom is 0.234 e. The Balaban J connectivity index is 1.85. The summed E-state index contributed by atoms with van der Waals surface area (Å²) in [7, 11) is 0. The Bertz CT molecular complexity index is 639. The maximum atomic E-state index is 12.0. The van der Waals surface area contributed by atoms with Gasteiger partial charge >= 0.3 is 0 Å². The van der Waals surface area contributed by atoms with E-state index >= 15 is 0 Å². The van der Waals surface area contributed by atoms with Gasteiger partial charge in [0.25, 0.3) is 0 Å². The third kappa shape index (κ3) is 5.23. The van der Waals surface area contributed by atoms with Crippen molar-refractivity contribution in [2.75, 3.05) is 11.1 Å². The summed E-state index contributed by atoms with van der Waals surface area (Å²) in [5, 5.41) is 2.97. The quantitative estimate of drug-likeness (QED) is 0.859. The molecule has 2 aromatic carbocycles. The number of anilines is 1. The molecule has 0 aliphatic carbocycles. The van der Waals surface area contributed by atoms with Gasteiger partial charge < -0.3 is 5.32 Å². The Morgan fingerprint density at radius 3 is 1.91 bits per heavy atom. The predicted octanol–water partition coefficient (Wildman–Crippen LogP) is 4.79. The number of carbonyl (C=O) groups excluding carboxylic acids is 1. The van der Waals surface area contributed by atoms with Gasteiger partial charge in [-0.2, -0.15) is 0 Å². The molecule has 1 N–H and O–H groups in total. The van der Waals surface area contributed by atoms with Gasteiger partial charge in [-0.1, -0.05) is 35.4 Å². The molecule has 116 valence electrons. The van der Waals surface area contributed by atoms with E-state index in [1.165, 1.54) is 16.7 Å². The first-order chi connectivity index (χ1) is 10.4. The molecule has 2 nitrogen and oxygen atoms in total. The Kier molecular flexibility index (Phi) is 5.67. The van der Waals surface area contributed by atoms with Crippen molar-refractivity contribution in [3.8, 4) is 0 Å². The first kappa shape index (κ1) is 16.6. The van der Waals surface area contributed by atoms with Crippen LogP contribution >= 0.6 is 11.8 Å². The summed E-state index contributed by atoms with van der Waals surface area (Å²) in [5.74, 6) is 1.39. The molecule has 0 atom stereocenters. The van der Waals surface area contributed by atoms with Gasteiger partial charge in [0.2, 0.25) is 5.91 Å². The molecule has 2 rings (SSSR count). The average molecular weight is 313 g/mol. The zero-order chi connectivity index (χ0) is 16.1. The van der Waals surface area contributed by atoms with Crippen molar-refractivity contribution in [3.63, 3.8) is 0 Å². The molecule has 3 heteroatoms. The zero-order valence-corrected chi connectivity index (χ0v) is 14.5. The van der Waals surface area contributed by atoms with Crippen LogP contribution in [0.2, 0.25) is 0 Å². The second kappa shape index (κ2) is 7.50. The van der Waals surface area contributed by atoms with E-state index in [4.69, 9.17) is 0 Å². The van der Waals surface area contributed by atoms with Crippen LogP contribution in [-0.2, 0) is 10.5 Å². The molecular formula is C19H23NOS. The average Bonchev–Trinajstić information content (AvgIpc) is 2.35. The van der Waals surface area contributed by atoms with Crippen LogP contribution in [0, 0.1) is 27.7 Å².